The number of hydrogen-bond acceptors (Lipinski definition) is 3. The van der Waals surface area contributed by atoms with Crippen LogP contribution in [-0.4, -0.2) is 39.2 Å². The van der Waals surface area contributed by atoms with Gasteiger partial charge in [0.05, 0.1) is 17.2 Å². The largest absolute Gasteiger partial charge is 0.369 e. The van der Waals surface area contributed by atoms with Crippen LogP contribution >= 0.6 is 0 Å². The first kappa shape index (κ1) is 17.2. The molecule has 2 amide bonds. The van der Waals surface area contributed by atoms with Crippen LogP contribution in [0.1, 0.15) is 23.2 Å². The number of likely N-dealkylation sites (tertiary alicyclic amines) is 1. The number of piperidine rings is 1. The molecule has 4 rings (SSSR count). The normalized spacial score (nSPS) is 17.2. The number of benzene rings is 1. The van der Waals surface area contributed by atoms with Crippen molar-refractivity contribution in [2.45, 2.75) is 12.8 Å². The summed E-state index contributed by atoms with van der Waals surface area (Å²) in [7, 11) is 0. The zero-order valence-electron chi connectivity index (χ0n) is 14.6. The molecule has 2 aromatic heterocycles. The molecular weight excluding hydrogens is 347 g/mol. The number of nitrogens with zero attached hydrogens (tertiary/aromatic N) is 3. The fourth-order valence-electron chi connectivity index (χ4n) is 3.45. The first-order valence-corrected chi connectivity index (χ1v) is 8.84. The number of primary amides is 1. The summed E-state index contributed by atoms with van der Waals surface area (Å²) in [5.41, 5.74) is 8.11. The third-order valence-electron chi connectivity index (χ3n) is 4.95. The number of aromatic nitrogens is 2. The van der Waals surface area contributed by atoms with Gasteiger partial charge in [-0.05, 0) is 49.2 Å². The second-order valence-corrected chi connectivity index (χ2v) is 6.81. The molecule has 0 bridgehead atoms. The number of fused-ring (bicyclic) bond motifs is 1. The lowest BCUT2D eigenvalue weighted by molar-refractivity contribution is -0.123. The highest BCUT2D eigenvalue weighted by molar-refractivity contribution is 5.94. The molecule has 0 aliphatic carbocycles. The molecule has 3 aromatic rings. The highest BCUT2D eigenvalue weighted by atomic mass is 19.1. The molecule has 3 heterocycles. The van der Waals surface area contributed by atoms with E-state index in [1.807, 2.05) is 6.20 Å². The maximum atomic E-state index is 13.1. The standard InChI is InChI=1S/C20H19FN4O2/c21-16-6-3-13(4-7-16)17-12-25-11-15(5-8-18(25)23-17)20(27)24-9-1-2-14(10-24)19(22)26/h3-8,11-12,14H,1-2,9-10H2,(H2,22,26)/t14-/m0/s1. The second-order valence-electron chi connectivity index (χ2n) is 6.81. The Morgan fingerprint density at radius 1 is 1.11 bits per heavy atom. The molecule has 6 nitrogen and oxygen atoms in total. The van der Waals surface area contributed by atoms with Gasteiger partial charge in [0.2, 0.25) is 5.91 Å². The molecule has 1 atom stereocenters. The molecule has 1 aliphatic rings. The summed E-state index contributed by atoms with van der Waals surface area (Å²) in [6, 6.07) is 9.62. The van der Waals surface area contributed by atoms with Crippen LogP contribution in [0.5, 0.6) is 0 Å². The van der Waals surface area contributed by atoms with Gasteiger partial charge in [-0.25, -0.2) is 9.37 Å². The zero-order valence-corrected chi connectivity index (χ0v) is 14.6. The highest BCUT2D eigenvalue weighted by Gasteiger charge is 2.27. The van der Waals surface area contributed by atoms with Crippen LogP contribution < -0.4 is 5.73 Å². The van der Waals surface area contributed by atoms with E-state index in [9.17, 15) is 14.0 Å². The van der Waals surface area contributed by atoms with E-state index in [-0.39, 0.29) is 23.5 Å². The number of pyridine rings is 1. The second kappa shape index (κ2) is 6.83. The Labute approximate surface area is 155 Å². The molecule has 0 unspecified atom stereocenters. The van der Waals surface area contributed by atoms with Gasteiger partial charge in [-0.2, -0.15) is 0 Å². The van der Waals surface area contributed by atoms with Gasteiger partial charge in [0.1, 0.15) is 11.5 Å². The Bertz CT molecular complexity index is 1010. The fraction of sp³-hybridized carbons (Fsp3) is 0.250. The van der Waals surface area contributed by atoms with Gasteiger partial charge in [-0.15, -0.1) is 0 Å². The molecule has 27 heavy (non-hydrogen) atoms. The lowest BCUT2D eigenvalue weighted by Gasteiger charge is -2.31. The lowest BCUT2D eigenvalue weighted by Crippen LogP contribution is -2.44. The van der Waals surface area contributed by atoms with Gasteiger partial charge in [-0.3, -0.25) is 9.59 Å². The van der Waals surface area contributed by atoms with Crippen LogP contribution in [0.25, 0.3) is 16.9 Å². The number of hydrogen-bond donors (Lipinski definition) is 1. The van der Waals surface area contributed by atoms with Gasteiger partial charge in [0.25, 0.3) is 5.91 Å². The van der Waals surface area contributed by atoms with Crippen LogP contribution in [0, 0.1) is 11.7 Å². The summed E-state index contributed by atoms with van der Waals surface area (Å²) < 4.78 is 14.9. The van der Waals surface area contributed by atoms with E-state index < -0.39 is 0 Å². The number of rotatable bonds is 3. The van der Waals surface area contributed by atoms with Crippen molar-refractivity contribution in [2.24, 2.45) is 11.7 Å². The van der Waals surface area contributed by atoms with Crippen molar-refractivity contribution in [3.63, 3.8) is 0 Å². The molecule has 1 aromatic carbocycles. The van der Waals surface area contributed by atoms with Crippen molar-refractivity contribution in [3.05, 3.63) is 60.2 Å². The number of imidazole rings is 1. The van der Waals surface area contributed by atoms with E-state index in [1.165, 1.54) is 12.1 Å². The molecule has 138 valence electrons. The first-order chi connectivity index (χ1) is 13.0. The number of halogens is 1. The molecule has 1 aliphatic heterocycles. The third-order valence-corrected chi connectivity index (χ3v) is 4.95. The van der Waals surface area contributed by atoms with Gasteiger partial charge in [0, 0.05) is 31.0 Å². The van der Waals surface area contributed by atoms with Crippen molar-refractivity contribution < 1.29 is 14.0 Å². The van der Waals surface area contributed by atoms with E-state index in [0.717, 1.165) is 18.4 Å². The molecule has 0 radical (unpaired) electrons. The van der Waals surface area contributed by atoms with E-state index >= 15 is 0 Å². The summed E-state index contributed by atoms with van der Waals surface area (Å²) in [5.74, 6) is -1.07. The van der Waals surface area contributed by atoms with Gasteiger partial charge >= 0.3 is 0 Å². The Kier molecular flexibility index (Phi) is 4.35. The minimum absolute atomic E-state index is 0.125. The average Bonchev–Trinajstić information content (AvgIpc) is 3.11. The smallest absolute Gasteiger partial charge is 0.255 e. The van der Waals surface area contributed by atoms with Crippen molar-refractivity contribution in [3.8, 4) is 11.3 Å². The van der Waals surface area contributed by atoms with Gasteiger partial charge in [0.15, 0.2) is 0 Å². The quantitative estimate of drug-likeness (QED) is 0.773. The van der Waals surface area contributed by atoms with Crippen LogP contribution in [-0.2, 0) is 4.79 Å². The summed E-state index contributed by atoms with van der Waals surface area (Å²) in [6.45, 7) is 0.975. The summed E-state index contributed by atoms with van der Waals surface area (Å²) >= 11 is 0. The molecule has 1 fully saturated rings. The monoisotopic (exact) mass is 366 g/mol. The molecule has 7 heteroatoms. The predicted molar refractivity (Wildman–Crippen MR) is 98.4 cm³/mol. The van der Waals surface area contributed by atoms with E-state index in [2.05, 4.69) is 4.98 Å². The minimum Gasteiger partial charge on any atom is -0.369 e. The summed E-state index contributed by atoms with van der Waals surface area (Å²) in [6.07, 6.45) is 5.02. The highest BCUT2D eigenvalue weighted by Crippen LogP contribution is 2.22. The molecule has 1 saturated heterocycles. The van der Waals surface area contributed by atoms with Crippen LogP contribution in [0.2, 0.25) is 0 Å². The maximum absolute atomic E-state index is 13.1. The number of nitrogens with two attached hydrogens (primary N) is 1. The van der Waals surface area contributed by atoms with E-state index in [4.69, 9.17) is 5.73 Å². The first-order valence-electron chi connectivity index (χ1n) is 8.84. The van der Waals surface area contributed by atoms with Crippen molar-refractivity contribution in [1.29, 1.82) is 0 Å². The number of amides is 2. The topological polar surface area (TPSA) is 80.7 Å². The summed E-state index contributed by atoms with van der Waals surface area (Å²) in [4.78, 5) is 30.5. The predicted octanol–water partition coefficient (Wildman–Crippen LogP) is 2.48. The number of carbonyl (C=O) groups excluding carboxylic acids is 2. The summed E-state index contributed by atoms with van der Waals surface area (Å²) in [5, 5.41) is 0. The van der Waals surface area contributed by atoms with Gasteiger partial charge < -0.3 is 15.0 Å². The SMILES string of the molecule is NC(=O)[C@H]1CCCN(C(=O)c2ccc3nc(-c4ccc(F)cc4)cn3c2)C1. The Morgan fingerprint density at radius 3 is 2.63 bits per heavy atom. The average molecular weight is 366 g/mol. The van der Waals surface area contributed by atoms with Crippen LogP contribution in [0.15, 0.2) is 48.8 Å². The van der Waals surface area contributed by atoms with Crippen LogP contribution in [0.4, 0.5) is 4.39 Å². The van der Waals surface area contributed by atoms with E-state index in [0.29, 0.717) is 30.0 Å². The Morgan fingerprint density at radius 2 is 1.89 bits per heavy atom. The van der Waals surface area contributed by atoms with Gasteiger partial charge in [-0.1, -0.05) is 0 Å². The Balaban J connectivity index is 1.60. The minimum atomic E-state index is -0.360. The fourth-order valence-corrected chi connectivity index (χ4v) is 3.45. The van der Waals surface area contributed by atoms with Crippen LogP contribution in [0.3, 0.4) is 0 Å². The molecule has 0 saturated carbocycles. The third kappa shape index (κ3) is 3.40. The molecule has 2 N–H and O–H groups in total. The molecular formula is C20H19FN4O2. The van der Waals surface area contributed by atoms with E-state index in [1.54, 1.807) is 39.8 Å². The lowest BCUT2D eigenvalue weighted by atomic mass is 9.97. The van der Waals surface area contributed by atoms with Crippen molar-refractivity contribution in [1.82, 2.24) is 14.3 Å². The molecule has 0 spiro atoms. The Hall–Kier alpha value is -3.22. The maximum Gasteiger partial charge on any atom is 0.255 e. The number of carbonyl (C=O) groups is 2. The van der Waals surface area contributed by atoms with Crippen molar-refractivity contribution >= 4 is 17.5 Å². The van der Waals surface area contributed by atoms with Crippen molar-refractivity contribution in [2.75, 3.05) is 13.1 Å². The zero-order chi connectivity index (χ0) is 19.0.